The molecule has 2 aromatic rings. The minimum Gasteiger partial charge on any atom is -0.465 e. The number of nitrogens with one attached hydrogen (secondary N) is 1. The Balaban J connectivity index is 2.11. The van der Waals surface area contributed by atoms with Crippen LogP contribution in [0.15, 0.2) is 42.6 Å². The third-order valence-corrected chi connectivity index (χ3v) is 4.29. The van der Waals surface area contributed by atoms with Gasteiger partial charge in [0.2, 0.25) is 0 Å². The van der Waals surface area contributed by atoms with Gasteiger partial charge in [0.25, 0.3) is 0 Å². The zero-order chi connectivity index (χ0) is 16.6. The SMILES string of the molecule is C=C1C(=O)CC(c2cccc3[nH]ccc23)C(C(=O)OCC)C1=O. The molecule has 1 saturated carbocycles. The van der Waals surface area contributed by atoms with Crippen molar-refractivity contribution in [1.82, 2.24) is 4.98 Å². The minimum absolute atomic E-state index is 0.0817. The Morgan fingerprint density at radius 3 is 2.87 bits per heavy atom. The summed E-state index contributed by atoms with van der Waals surface area (Å²) in [4.78, 5) is 40.0. The van der Waals surface area contributed by atoms with Gasteiger partial charge < -0.3 is 9.72 Å². The van der Waals surface area contributed by atoms with E-state index >= 15 is 0 Å². The number of carbonyl (C=O) groups excluding carboxylic acids is 3. The molecule has 1 heterocycles. The van der Waals surface area contributed by atoms with E-state index in [1.807, 2.05) is 24.3 Å². The lowest BCUT2D eigenvalue weighted by Crippen LogP contribution is -2.39. The van der Waals surface area contributed by atoms with Crippen LogP contribution in [-0.4, -0.2) is 29.1 Å². The molecule has 1 aromatic heterocycles. The van der Waals surface area contributed by atoms with Crippen LogP contribution in [0.5, 0.6) is 0 Å². The van der Waals surface area contributed by atoms with Crippen molar-refractivity contribution < 1.29 is 19.1 Å². The molecule has 1 aliphatic rings. The van der Waals surface area contributed by atoms with Gasteiger partial charge in [-0.2, -0.15) is 0 Å². The maximum absolute atomic E-state index is 12.5. The highest BCUT2D eigenvalue weighted by atomic mass is 16.5. The number of esters is 1. The Morgan fingerprint density at radius 1 is 1.35 bits per heavy atom. The number of aromatic nitrogens is 1. The predicted molar refractivity (Wildman–Crippen MR) is 84.9 cm³/mol. The fraction of sp³-hybridized carbons (Fsp3) is 0.278. The molecule has 0 amide bonds. The highest BCUT2D eigenvalue weighted by Gasteiger charge is 2.45. The number of hydrogen-bond acceptors (Lipinski definition) is 4. The number of aromatic amines is 1. The maximum atomic E-state index is 12.5. The fourth-order valence-corrected chi connectivity index (χ4v) is 3.17. The number of fused-ring (bicyclic) bond motifs is 1. The van der Waals surface area contributed by atoms with Gasteiger partial charge in [0.05, 0.1) is 12.2 Å². The second-order valence-corrected chi connectivity index (χ2v) is 5.59. The van der Waals surface area contributed by atoms with Crippen LogP contribution in [0.1, 0.15) is 24.8 Å². The summed E-state index contributed by atoms with van der Waals surface area (Å²) in [5, 5.41) is 0.903. The van der Waals surface area contributed by atoms with Crippen LogP contribution in [0.3, 0.4) is 0 Å². The highest BCUT2D eigenvalue weighted by Crippen LogP contribution is 2.39. The van der Waals surface area contributed by atoms with E-state index < -0.39 is 23.6 Å². The number of ether oxygens (including phenoxy) is 1. The summed E-state index contributed by atoms with van der Waals surface area (Å²) in [5.74, 6) is -2.98. The molecule has 1 N–H and O–H groups in total. The van der Waals surface area contributed by atoms with Crippen molar-refractivity contribution >= 4 is 28.4 Å². The van der Waals surface area contributed by atoms with E-state index in [1.165, 1.54) is 0 Å². The number of allylic oxidation sites excluding steroid dienone is 1. The largest absolute Gasteiger partial charge is 0.465 e. The van der Waals surface area contributed by atoms with Crippen molar-refractivity contribution in [1.29, 1.82) is 0 Å². The summed E-state index contributed by atoms with van der Waals surface area (Å²) >= 11 is 0. The first kappa shape index (κ1) is 15.2. The standard InChI is InChI=1S/C18H17NO4/c1-3-23-18(22)16-13(9-15(20)10(2)17(16)21)11-5-4-6-14-12(11)7-8-19-14/h4-8,13,16,19H,2-3,9H2,1H3. The quantitative estimate of drug-likeness (QED) is 0.409. The van der Waals surface area contributed by atoms with Crippen molar-refractivity contribution in [2.45, 2.75) is 19.3 Å². The van der Waals surface area contributed by atoms with Gasteiger partial charge in [-0.1, -0.05) is 18.7 Å². The fourth-order valence-electron chi connectivity index (χ4n) is 3.17. The van der Waals surface area contributed by atoms with Crippen LogP contribution in [0, 0.1) is 5.92 Å². The maximum Gasteiger partial charge on any atom is 0.317 e. The van der Waals surface area contributed by atoms with Gasteiger partial charge in [-0.05, 0) is 24.6 Å². The third kappa shape index (κ3) is 2.48. The first-order valence-electron chi connectivity index (χ1n) is 7.53. The molecule has 3 rings (SSSR count). The van der Waals surface area contributed by atoms with Crippen LogP contribution in [0.25, 0.3) is 10.9 Å². The molecule has 0 spiro atoms. The monoisotopic (exact) mass is 311 g/mol. The topological polar surface area (TPSA) is 76.2 Å². The van der Waals surface area contributed by atoms with E-state index in [9.17, 15) is 14.4 Å². The predicted octanol–water partition coefficient (Wildman–Crippen LogP) is 2.53. The number of carbonyl (C=O) groups is 3. The molecule has 2 atom stereocenters. The molecule has 2 unspecified atom stereocenters. The van der Waals surface area contributed by atoms with Crippen molar-refractivity contribution in [3.63, 3.8) is 0 Å². The molecule has 1 fully saturated rings. The molecule has 1 aromatic carbocycles. The van der Waals surface area contributed by atoms with Gasteiger partial charge >= 0.3 is 5.97 Å². The summed E-state index contributed by atoms with van der Waals surface area (Å²) in [6.07, 6.45) is 1.87. The summed E-state index contributed by atoms with van der Waals surface area (Å²) in [5.41, 5.74) is 1.59. The number of ketones is 2. The van der Waals surface area contributed by atoms with Crippen LogP contribution in [0.2, 0.25) is 0 Å². The van der Waals surface area contributed by atoms with Crippen LogP contribution >= 0.6 is 0 Å². The van der Waals surface area contributed by atoms with E-state index in [0.29, 0.717) is 0 Å². The van der Waals surface area contributed by atoms with Crippen LogP contribution in [-0.2, 0) is 19.1 Å². The Hall–Kier alpha value is -2.69. The van der Waals surface area contributed by atoms with E-state index in [-0.39, 0.29) is 24.4 Å². The van der Waals surface area contributed by atoms with Gasteiger partial charge in [-0.3, -0.25) is 14.4 Å². The zero-order valence-electron chi connectivity index (χ0n) is 12.8. The van der Waals surface area contributed by atoms with Crippen LogP contribution < -0.4 is 0 Å². The second kappa shape index (κ2) is 5.83. The van der Waals surface area contributed by atoms with Gasteiger partial charge in [0, 0.05) is 29.4 Å². The number of hydrogen-bond donors (Lipinski definition) is 1. The lowest BCUT2D eigenvalue weighted by Gasteiger charge is -2.29. The van der Waals surface area contributed by atoms with E-state index in [4.69, 9.17) is 4.74 Å². The molecule has 0 radical (unpaired) electrons. The lowest BCUT2D eigenvalue weighted by molar-refractivity contribution is -0.152. The summed E-state index contributed by atoms with van der Waals surface area (Å²) in [6.45, 7) is 5.41. The average molecular weight is 311 g/mol. The normalized spacial score (nSPS) is 21.7. The third-order valence-electron chi connectivity index (χ3n) is 4.29. The Bertz CT molecular complexity index is 817. The van der Waals surface area contributed by atoms with E-state index in [2.05, 4.69) is 11.6 Å². The zero-order valence-corrected chi connectivity index (χ0v) is 12.8. The van der Waals surface area contributed by atoms with Crippen molar-refractivity contribution in [2.24, 2.45) is 5.92 Å². The molecule has 0 bridgehead atoms. The first-order valence-corrected chi connectivity index (χ1v) is 7.53. The summed E-state index contributed by atoms with van der Waals surface area (Å²) < 4.78 is 5.06. The highest BCUT2D eigenvalue weighted by molar-refractivity contribution is 6.27. The smallest absolute Gasteiger partial charge is 0.317 e. The van der Waals surface area contributed by atoms with Crippen LogP contribution in [0.4, 0.5) is 0 Å². The Labute approximate surface area is 133 Å². The van der Waals surface area contributed by atoms with Gasteiger partial charge in [0.1, 0.15) is 5.92 Å². The number of rotatable bonds is 3. The van der Waals surface area contributed by atoms with Crippen molar-refractivity contribution in [3.8, 4) is 0 Å². The molecular weight excluding hydrogens is 294 g/mol. The summed E-state index contributed by atoms with van der Waals surface area (Å²) in [6, 6.07) is 7.48. The van der Waals surface area contributed by atoms with E-state index in [0.717, 1.165) is 16.5 Å². The second-order valence-electron chi connectivity index (χ2n) is 5.59. The molecule has 23 heavy (non-hydrogen) atoms. The lowest BCUT2D eigenvalue weighted by atomic mass is 9.71. The van der Waals surface area contributed by atoms with Gasteiger partial charge in [-0.15, -0.1) is 0 Å². The number of benzene rings is 1. The molecule has 118 valence electrons. The molecule has 5 heteroatoms. The Morgan fingerprint density at radius 2 is 2.13 bits per heavy atom. The molecule has 0 saturated heterocycles. The first-order chi connectivity index (χ1) is 11.0. The molecule has 5 nitrogen and oxygen atoms in total. The molecule has 0 aliphatic heterocycles. The van der Waals surface area contributed by atoms with Gasteiger partial charge in [0.15, 0.2) is 11.6 Å². The number of H-pyrrole nitrogens is 1. The molecular formula is C18H17NO4. The number of Topliss-reactive ketones (excluding diaryl/α,β-unsaturated/α-hetero) is 2. The van der Waals surface area contributed by atoms with E-state index in [1.54, 1.807) is 13.1 Å². The van der Waals surface area contributed by atoms with Gasteiger partial charge in [-0.25, -0.2) is 0 Å². The molecule has 1 aliphatic carbocycles. The van der Waals surface area contributed by atoms with Crippen molar-refractivity contribution in [2.75, 3.05) is 6.61 Å². The van der Waals surface area contributed by atoms with Crippen molar-refractivity contribution in [3.05, 3.63) is 48.2 Å². The summed E-state index contributed by atoms with van der Waals surface area (Å²) in [7, 11) is 0. The average Bonchev–Trinajstić information content (AvgIpc) is 3.01. The Kier molecular flexibility index (Phi) is 3.86. The minimum atomic E-state index is -1.01.